The molecule has 1 aliphatic heterocycles. The predicted molar refractivity (Wildman–Crippen MR) is 51.9 cm³/mol. The highest BCUT2D eigenvalue weighted by atomic mass is 16.5. The molecular weight excluding hydrogens is 148 g/mol. The van der Waals surface area contributed by atoms with Gasteiger partial charge in [-0.2, -0.15) is 0 Å². The lowest BCUT2D eigenvalue weighted by atomic mass is 10.1. The van der Waals surface area contributed by atoms with Gasteiger partial charge in [0.2, 0.25) is 0 Å². The summed E-state index contributed by atoms with van der Waals surface area (Å²) in [6.45, 7) is 5.97. The molecule has 0 spiro atoms. The van der Waals surface area contributed by atoms with Gasteiger partial charge in [0.15, 0.2) is 0 Å². The molecule has 0 aliphatic carbocycles. The standard InChI is InChI=1S/C11H18O/c1-3-4-5-6-7-11-9-8-10(2)12-11/h4-5,11H,2-3,6-9H2,1H3/b5-4-. The van der Waals surface area contributed by atoms with Gasteiger partial charge in [0.05, 0.1) is 11.9 Å². The zero-order valence-corrected chi connectivity index (χ0v) is 7.88. The van der Waals surface area contributed by atoms with Gasteiger partial charge < -0.3 is 4.74 Å². The number of hydrogen-bond donors (Lipinski definition) is 0. The summed E-state index contributed by atoms with van der Waals surface area (Å²) in [5, 5.41) is 0. The lowest BCUT2D eigenvalue weighted by Gasteiger charge is -2.07. The molecule has 1 rings (SSSR count). The van der Waals surface area contributed by atoms with Gasteiger partial charge in [0, 0.05) is 6.42 Å². The van der Waals surface area contributed by atoms with Crippen LogP contribution in [-0.2, 0) is 4.74 Å². The van der Waals surface area contributed by atoms with Crippen molar-refractivity contribution in [1.82, 2.24) is 0 Å². The minimum Gasteiger partial charge on any atom is -0.495 e. The van der Waals surface area contributed by atoms with E-state index in [1.54, 1.807) is 0 Å². The molecule has 1 heteroatoms. The quantitative estimate of drug-likeness (QED) is 0.581. The van der Waals surface area contributed by atoms with Gasteiger partial charge in [0.1, 0.15) is 0 Å². The first-order valence-corrected chi connectivity index (χ1v) is 4.82. The normalized spacial score (nSPS) is 23.4. The summed E-state index contributed by atoms with van der Waals surface area (Å²) in [7, 11) is 0. The van der Waals surface area contributed by atoms with Crippen molar-refractivity contribution in [2.45, 2.75) is 45.1 Å². The zero-order valence-electron chi connectivity index (χ0n) is 7.88. The van der Waals surface area contributed by atoms with Crippen LogP contribution in [-0.4, -0.2) is 6.10 Å². The second-order valence-electron chi connectivity index (χ2n) is 3.27. The van der Waals surface area contributed by atoms with Crippen molar-refractivity contribution in [3.8, 4) is 0 Å². The predicted octanol–water partition coefficient (Wildman–Crippen LogP) is 3.43. The molecule has 1 fully saturated rings. The first-order chi connectivity index (χ1) is 5.83. The fraction of sp³-hybridized carbons (Fsp3) is 0.636. The monoisotopic (exact) mass is 166 g/mol. The zero-order chi connectivity index (χ0) is 8.81. The summed E-state index contributed by atoms with van der Waals surface area (Å²) in [4.78, 5) is 0. The van der Waals surface area contributed by atoms with E-state index in [0.29, 0.717) is 6.10 Å². The fourth-order valence-corrected chi connectivity index (χ4v) is 1.45. The maximum atomic E-state index is 5.51. The summed E-state index contributed by atoms with van der Waals surface area (Å²) >= 11 is 0. The molecule has 68 valence electrons. The number of ether oxygens (including phenoxy) is 1. The Morgan fingerprint density at radius 3 is 3.00 bits per heavy atom. The molecule has 1 unspecified atom stereocenters. The molecule has 0 aromatic carbocycles. The number of allylic oxidation sites excluding steroid dienone is 3. The van der Waals surface area contributed by atoms with Crippen molar-refractivity contribution >= 4 is 0 Å². The van der Waals surface area contributed by atoms with Crippen molar-refractivity contribution in [2.75, 3.05) is 0 Å². The van der Waals surface area contributed by atoms with Crippen LogP contribution >= 0.6 is 0 Å². The van der Waals surface area contributed by atoms with Crippen LogP contribution in [0.15, 0.2) is 24.5 Å². The minimum atomic E-state index is 0.444. The Morgan fingerprint density at radius 1 is 1.58 bits per heavy atom. The Labute approximate surface area is 75.1 Å². The Balaban J connectivity index is 2.08. The second kappa shape index (κ2) is 5.02. The van der Waals surface area contributed by atoms with Gasteiger partial charge in [-0.3, -0.25) is 0 Å². The number of rotatable bonds is 4. The summed E-state index contributed by atoms with van der Waals surface area (Å²) in [5.74, 6) is 0.972. The molecular formula is C11H18O. The van der Waals surface area contributed by atoms with Gasteiger partial charge in [-0.15, -0.1) is 0 Å². The van der Waals surface area contributed by atoms with Crippen LogP contribution in [0.4, 0.5) is 0 Å². The molecule has 1 nitrogen and oxygen atoms in total. The molecule has 0 bridgehead atoms. The summed E-state index contributed by atoms with van der Waals surface area (Å²) in [5.41, 5.74) is 0. The molecule has 1 heterocycles. The van der Waals surface area contributed by atoms with Crippen molar-refractivity contribution in [2.24, 2.45) is 0 Å². The van der Waals surface area contributed by atoms with Gasteiger partial charge in [0.25, 0.3) is 0 Å². The molecule has 1 saturated heterocycles. The van der Waals surface area contributed by atoms with Gasteiger partial charge in [-0.05, 0) is 25.7 Å². The van der Waals surface area contributed by atoms with Crippen molar-refractivity contribution < 1.29 is 4.74 Å². The van der Waals surface area contributed by atoms with Gasteiger partial charge in [-0.25, -0.2) is 0 Å². The van der Waals surface area contributed by atoms with E-state index in [1.807, 2.05) is 0 Å². The van der Waals surface area contributed by atoms with E-state index in [2.05, 4.69) is 25.7 Å². The SMILES string of the molecule is C=C1CCC(CC/C=C\CC)O1. The molecule has 12 heavy (non-hydrogen) atoms. The van der Waals surface area contributed by atoms with E-state index >= 15 is 0 Å². The Kier molecular flexibility index (Phi) is 3.92. The first-order valence-electron chi connectivity index (χ1n) is 4.82. The molecule has 0 radical (unpaired) electrons. The smallest absolute Gasteiger partial charge is 0.0989 e. The van der Waals surface area contributed by atoms with Crippen molar-refractivity contribution in [1.29, 1.82) is 0 Å². The maximum absolute atomic E-state index is 5.51. The van der Waals surface area contributed by atoms with E-state index in [9.17, 15) is 0 Å². The number of hydrogen-bond acceptors (Lipinski definition) is 1. The first kappa shape index (κ1) is 9.37. The van der Waals surface area contributed by atoms with Crippen molar-refractivity contribution in [3.05, 3.63) is 24.5 Å². The summed E-state index contributed by atoms with van der Waals surface area (Å²) in [6.07, 6.45) is 10.5. The average Bonchev–Trinajstić information content (AvgIpc) is 2.45. The molecule has 0 N–H and O–H groups in total. The van der Waals surface area contributed by atoms with Crippen LogP contribution in [0.5, 0.6) is 0 Å². The third-order valence-corrected chi connectivity index (χ3v) is 2.14. The molecule has 1 aliphatic rings. The van der Waals surface area contributed by atoms with E-state index in [-0.39, 0.29) is 0 Å². The Morgan fingerprint density at radius 2 is 2.42 bits per heavy atom. The van der Waals surface area contributed by atoms with E-state index in [0.717, 1.165) is 31.4 Å². The molecule has 1 atom stereocenters. The highest BCUT2D eigenvalue weighted by Gasteiger charge is 2.17. The van der Waals surface area contributed by atoms with Crippen LogP contribution in [0.3, 0.4) is 0 Å². The lowest BCUT2D eigenvalue weighted by Crippen LogP contribution is -2.02. The molecule has 0 amide bonds. The largest absolute Gasteiger partial charge is 0.495 e. The minimum absolute atomic E-state index is 0.444. The third kappa shape index (κ3) is 3.12. The molecule has 0 aromatic rings. The topological polar surface area (TPSA) is 9.23 Å². The highest BCUT2D eigenvalue weighted by Crippen LogP contribution is 2.24. The van der Waals surface area contributed by atoms with Crippen LogP contribution in [0.2, 0.25) is 0 Å². The van der Waals surface area contributed by atoms with E-state index in [4.69, 9.17) is 4.74 Å². The summed E-state index contributed by atoms with van der Waals surface area (Å²) < 4.78 is 5.51. The highest BCUT2D eigenvalue weighted by molar-refractivity contribution is 4.92. The van der Waals surface area contributed by atoms with Crippen molar-refractivity contribution in [3.63, 3.8) is 0 Å². The van der Waals surface area contributed by atoms with Gasteiger partial charge in [-0.1, -0.05) is 25.7 Å². The van der Waals surface area contributed by atoms with E-state index < -0.39 is 0 Å². The molecule has 0 aromatic heterocycles. The fourth-order valence-electron chi connectivity index (χ4n) is 1.45. The second-order valence-corrected chi connectivity index (χ2v) is 3.27. The van der Waals surface area contributed by atoms with Crippen LogP contribution in [0.1, 0.15) is 39.0 Å². The lowest BCUT2D eigenvalue weighted by molar-refractivity contribution is 0.154. The average molecular weight is 166 g/mol. The third-order valence-electron chi connectivity index (χ3n) is 2.14. The Bertz CT molecular complexity index is 170. The summed E-state index contributed by atoms with van der Waals surface area (Å²) in [6, 6.07) is 0. The van der Waals surface area contributed by atoms with E-state index in [1.165, 1.54) is 6.42 Å². The van der Waals surface area contributed by atoms with Crippen LogP contribution in [0.25, 0.3) is 0 Å². The van der Waals surface area contributed by atoms with Crippen LogP contribution in [0, 0.1) is 0 Å². The maximum Gasteiger partial charge on any atom is 0.0989 e. The Hall–Kier alpha value is -0.720. The van der Waals surface area contributed by atoms with Crippen LogP contribution < -0.4 is 0 Å². The van der Waals surface area contributed by atoms with Gasteiger partial charge >= 0.3 is 0 Å². The molecule has 0 saturated carbocycles.